The van der Waals surface area contributed by atoms with Crippen LogP contribution in [0.3, 0.4) is 0 Å². The first kappa shape index (κ1) is 24.1. The van der Waals surface area contributed by atoms with Gasteiger partial charge in [-0.05, 0) is 24.6 Å². The van der Waals surface area contributed by atoms with Gasteiger partial charge in [-0.3, -0.25) is 0 Å². The smallest absolute Gasteiger partial charge is 0.0459 e. The van der Waals surface area contributed by atoms with E-state index in [4.69, 9.17) is 0 Å². The van der Waals surface area contributed by atoms with Crippen LogP contribution in [0.4, 0.5) is 0 Å². The van der Waals surface area contributed by atoms with E-state index in [0.29, 0.717) is 0 Å². The molecule has 0 aliphatic carbocycles. The molecule has 0 fully saturated rings. The van der Waals surface area contributed by atoms with Crippen molar-refractivity contribution in [2.24, 2.45) is 0 Å². The number of hydrogen-bond acceptors (Lipinski definition) is 2. The molecule has 0 bridgehead atoms. The third kappa shape index (κ3) is 7.81. The van der Waals surface area contributed by atoms with Crippen LogP contribution in [0.5, 0.6) is 0 Å². The van der Waals surface area contributed by atoms with Crippen LogP contribution in [-0.4, -0.2) is 0 Å². The Bertz CT molecular complexity index is 557. The summed E-state index contributed by atoms with van der Waals surface area (Å²) in [6.45, 7) is 18.2. The van der Waals surface area contributed by atoms with Crippen molar-refractivity contribution < 1.29 is 0 Å². The van der Waals surface area contributed by atoms with Crippen LogP contribution in [0.1, 0.15) is 60.3 Å². The number of rotatable bonds is 1. The van der Waals surface area contributed by atoms with E-state index in [1.807, 2.05) is 78.1 Å². The van der Waals surface area contributed by atoms with Gasteiger partial charge in [0.05, 0.1) is 0 Å². The monoisotopic (exact) mass is 350 g/mol. The molecular formula is C21H34S2. The van der Waals surface area contributed by atoms with E-state index in [0.717, 1.165) is 0 Å². The molecular weight excluding hydrogens is 316 g/mol. The Kier molecular flexibility index (Phi) is 16.5. The summed E-state index contributed by atoms with van der Waals surface area (Å²) >= 11 is 3.76. The molecule has 130 valence electrons. The van der Waals surface area contributed by atoms with Gasteiger partial charge >= 0.3 is 0 Å². The van der Waals surface area contributed by atoms with Crippen molar-refractivity contribution in [3.05, 3.63) is 47.3 Å². The van der Waals surface area contributed by atoms with Gasteiger partial charge in [0.25, 0.3) is 0 Å². The number of hydrogen-bond donors (Lipinski definition) is 0. The molecule has 1 aromatic carbocycles. The summed E-state index contributed by atoms with van der Waals surface area (Å²) in [6, 6.07) is 15.2. The van der Waals surface area contributed by atoms with Crippen molar-refractivity contribution in [3.63, 3.8) is 0 Å². The average Bonchev–Trinajstić information content (AvgIpc) is 3.20. The maximum absolute atomic E-state index is 2.30. The minimum Gasteiger partial charge on any atom is -0.140 e. The molecule has 0 saturated heterocycles. The summed E-state index contributed by atoms with van der Waals surface area (Å²) in [5.74, 6) is 0. The van der Waals surface area contributed by atoms with Gasteiger partial charge in [0.15, 0.2) is 0 Å². The molecule has 0 atom stereocenters. The van der Waals surface area contributed by atoms with Crippen LogP contribution in [0.25, 0.3) is 19.8 Å². The lowest BCUT2D eigenvalue weighted by Crippen LogP contribution is -1.67. The Balaban J connectivity index is 0. The first-order chi connectivity index (χ1) is 11.3. The number of benzene rings is 1. The molecule has 0 N–H and O–H groups in total. The largest absolute Gasteiger partial charge is 0.140 e. The molecule has 0 radical (unpaired) electrons. The van der Waals surface area contributed by atoms with E-state index in [9.17, 15) is 0 Å². The number of thiophene rings is 2. The van der Waals surface area contributed by atoms with Crippen LogP contribution < -0.4 is 0 Å². The van der Waals surface area contributed by atoms with Gasteiger partial charge < -0.3 is 0 Å². The molecule has 0 spiro atoms. The predicted octanol–water partition coefficient (Wildman–Crippen LogP) is 9.04. The first-order valence-corrected chi connectivity index (χ1v) is 10.5. The van der Waals surface area contributed by atoms with E-state index in [-0.39, 0.29) is 0 Å². The van der Waals surface area contributed by atoms with Gasteiger partial charge in [0.2, 0.25) is 0 Å². The molecule has 0 aliphatic rings. The third-order valence-corrected chi connectivity index (χ3v) is 4.65. The zero-order valence-corrected chi connectivity index (χ0v) is 18.0. The highest BCUT2D eigenvalue weighted by Gasteiger charge is 2.05. The maximum Gasteiger partial charge on any atom is 0.0459 e. The second-order valence-corrected chi connectivity index (χ2v) is 5.93. The van der Waals surface area contributed by atoms with Crippen LogP contribution in [0.2, 0.25) is 0 Å². The molecule has 0 unspecified atom stereocenters. The van der Waals surface area contributed by atoms with Crippen molar-refractivity contribution in [1.82, 2.24) is 0 Å². The van der Waals surface area contributed by atoms with Crippen LogP contribution >= 0.6 is 22.7 Å². The molecule has 0 amide bonds. The molecule has 2 heterocycles. The van der Waals surface area contributed by atoms with Gasteiger partial charge in [-0.1, -0.05) is 85.7 Å². The quantitative estimate of drug-likeness (QED) is 0.410. The summed E-state index contributed by atoms with van der Waals surface area (Å²) in [5.41, 5.74) is 1.32. The Morgan fingerprint density at radius 1 is 0.609 bits per heavy atom. The lowest BCUT2D eigenvalue weighted by molar-refractivity contribution is 1.50. The number of fused-ring (bicyclic) bond motifs is 1. The topological polar surface area (TPSA) is 0 Å². The summed E-state index contributed by atoms with van der Waals surface area (Å²) in [4.78, 5) is 2.77. The van der Waals surface area contributed by atoms with Crippen molar-refractivity contribution in [2.75, 3.05) is 0 Å². The van der Waals surface area contributed by atoms with Gasteiger partial charge in [-0.2, -0.15) is 0 Å². The minimum atomic E-state index is 1.32. The Morgan fingerprint density at radius 3 is 1.57 bits per heavy atom. The summed E-state index contributed by atoms with van der Waals surface area (Å²) in [7, 11) is 0. The van der Waals surface area contributed by atoms with Crippen LogP contribution in [0, 0.1) is 6.92 Å². The molecule has 0 nitrogen and oxygen atoms in total. The Labute approximate surface area is 152 Å². The van der Waals surface area contributed by atoms with Gasteiger partial charge in [-0.25, -0.2) is 0 Å². The standard InChI is InChI=1S/C13H10S2.4C2H6/c1-9-7-12-13(14-9)8-11(15-12)10-5-3-2-4-6-10;4*1-2/h2-8H,1H3;4*1-2H3. The van der Waals surface area contributed by atoms with Gasteiger partial charge in [0.1, 0.15) is 0 Å². The lowest BCUT2D eigenvalue weighted by Gasteiger charge is -1.93. The summed E-state index contributed by atoms with van der Waals surface area (Å²) < 4.78 is 2.83. The van der Waals surface area contributed by atoms with Gasteiger partial charge in [0, 0.05) is 19.2 Å². The molecule has 2 aromatic heterocycles. The summed E-state index contributed by atoms with van der Waals surface area (Å²) in [5, 5.41) is 0. The SMILES string of the molecule is CC.CC.CC.CC.Cc1cc2sc(-c3ccccc3)cc2s1. The van der Waals surface area contributed by atoms with Crippen LogP contribution in [0.15, 0.2) is 42.5 Å². The van der Waals surface area contributed by atoms with Crippen molar-refractivity contribution in [2.45, 2.75) is 62.3 Å². The Hall–Kier alpha value is -1.12. The molecule has 0 aliphatic heterocycles. The molecule has 3 aromatic rings. The highest BCUT2D eigenvalue weighted by atomic mass is 32.1. The second-order valence-electron chi connectivity index (χ2n) is 3.56. The molecule has 23 heavy (non-hydrogen) atoms. The van der Waals surface area contributed by atoms with E-state index >= 15 is 0 Å². The average molecular weight is 351 g/mol. The minimum absolute atomic E-state index is 1.32. The molecule has 0 saturated carbocycles. The van der Waals surface area contributed by atoms with E-state index < -0.39 is 0 Å². The molecule has 3 rings (SSSR count). The maximum atomic E-state index is 2.30. The van der Waals surface area contributed by atoms with Crippen LogP contribution in [-0.2, 0) is 0 Å². The lowest BCUT2D eigenvalue weighted by atomic mass is 10.2. The highest BCUT2D eigenvalue weighted by Crippen LogP contribution is 2.37. The Morgan fingerprint density at radius 2 is 1.09 bits per heavy atom. The number of aryl methyl sites for hydroxylation is 1. The zero-order chi connectivity index (χ0) is 18.3. The second kappa shape index (κ2) is 15.8. The molecule has 2 heteroatoms. The highest BCUT2D eigenvalue weighted by molar-refractivity contribution is 7.29. The van der Waals surface area contributed by atoms with Crippen molar-refractivity contribution >= 4 is 32.1 Å². The normalized spacial score (nSPS) is 8.22. The van der Waals surface area contributed by atoms with Crippen molar-refractivity contribution in [3.8, 4) is 10.4 Å². The first-order valence-electron chi connectivity index (χ1n) is 8.88. The predicted molar refractivity (Wildman–Crippen MR) is 115 cm³/mol. The van der Waals surface area contributed by atoms with Crippen molar-refractivity contribution in [1.29, 1.82) is 0 Å². The van der Waals surface area contributed by atoms with E-state index in [1.165, 1.54) is 24.7 Å². The zero-order valence-electron chi connectivity index (χ0n) is 16.4. The fourth-order valence-corrected chi connectivity index (χ4v) is 4.02. The van der Waals surface area contributed by atoms with E-state index in [2.05, 4.69) is 49.4 Å². The van der Waals surface area contributed by atoms with E-state index in [1.54, 1.807) is 0 Å². The van der Waals surface area contributed by atoms with Gasteiger partial charge in [-0.15, -0.1) is 22.7 Å². The summed E-state index contributed by atoms with van der Waals surface area (Å²) in [6.07, 6.45) is 0. The fraction of sp³-hybridized carbons (Fsp3) is 0.429. The third-order valence-electron chi connectivity index (χ3n) is 2.39. The fourth-order valence-electron chi connectivity index (χ4n) is 1.70.